The molecular weight excluding hydrogens is 504 g/mol. The number of rotatable bonds is 8. The average Bonchev–Trinajstić information content (AvgIpc) is 3.71. The summed E-state index contributed by atoms with van der Waals surface area (Å²) >= 11 is 1.12. The van der Waals surface area contributed by atoms with Crippen LogP contribution in [-0.2, 0) is 20.8 Å². The summed E-state index contributed by atoms with van der Waals surface area (Å²) in [6, 6.07) is 4.28. The predicted molar refractivity (Wildman–Crippen MR) is 145 cm³/mol. The average molecular weight is 541 g/mol. The zero-order valence-corrected chi connectivity index (χ0v) is 22.8. The van der Waals surface area contributed by atoms with Crippen LogP contribution in [0.25, 0.3) is 11.3 Å². The summed E-state index contributed by atoms with van der Waals surface area (Å²) < 4.78 is 9.77. The third-order valence-corrected chi connectivity index (χ3v) is 8.69. The first-order valence-corrected chi connectivity index (χ1v) is 14.4. The molecule has 204 valence electrons. The van der Waals surface area contributed by atoms with Gasteiger partial charge in [0.1, 0.15) is 28.5 Å². The first kappa shape index (κ1) is 26.6. The zero-order valence-electron chi connectivity index (χ0n) is 22.0. The number of hydrogen-bond acceptors (Lipinski definition) is 8. The second-order valence-electron chi connectivity index (χ2n) is 10.4. The summed E-state index contributed by atoms with van der Waals surface area (Å²) in [5.41, 5.74) is 2.57. The largest absolute Gasteiger partial charge is 0.493 e. The number of hydrogen-bond donors (Lipinski definition) is 3. The molecule has 0 spiro atoms. The number of nitrogens with one attached hydrogen (secondary N) is 3. The molecule has 38 heavy (non-hydrogen) atoms. The Morgan fingerprint density at radius 1 is 1.13 bits per heavy atom. The zero-order chi connectivity index (χ0) is 26.6. The number of likely N-dealkylation sites (N-methyl/N-ethyl adjacent to an activating group) is 1. The molecule has 1 aliphatic carbocycles. The van der Waals surface area contributed by atoms with Crippen LogP contribution in [0.15, 0.2) is 18.2 Å². The molecule has 2 aliphatic heterocycles. The molecule has 3 heterocycles. The number of amides is 3. The molecule has 3 amide bonds. The van der Waals surface area contributed by atoms with Crippen LogP contribution in [0.3, 0.4) is 0 Å². The molecule has 2 aromatic rings. The second-order valence-corrected chi connectivity index (χ2v) is 11.2. The van der Waals surface area contributed by atoms with Crippen LogP contribution in [0.4, 0.5) is 5.00 Å². The normalized spacial score (nSPS) is 20.9. The first-order valence-electron chi connectivity index (χ1n) is 13.6. The van der Waals surface area contributed by atoms with E-state index >= 15 is 0 Å². The highest BCUT2D eigenvalue weighted by atomic mass is 32.1. The van der Waals surface area contributed by atoms with Crippen molar-refractivity contribution in [1.82, 2.24) is 25.1 Å². The van der Waals surface area contributed by atoms with Crippen molar-refractivity contribution in [3.05, 3.63) is 23.8 Å². The summed E-state index contributed by atoms with van der Waals surface area (Å²) in [7, 11) is 1.72. The van der Waals surface area contributed by atoms with E-state index in [2.05, 4.69) is 25.5 Å². The van der Waals surface area contributed by atoms with Crippen molar-refractivity contribution in [1.29, 1.82) is 0 Å². The molecule has 1 saturated carbocycles. The standard InChI is InChI=1S/C27H36N6O4S/c1-16(28-2)24(34)29-23(18-7-4-3-5-8-18)27(36)33-13-6-9-20(33)25(35)30-26-22(31-32-38-26)19-11-10-17-12-14-37-21(17)15-19/h10-11,15-16,18,20,23,28H,3-9,12-14H2,1-2H3,(H,29,34)(H,30,35)/t16-,20-,23-/m0/s1. The van der Waals surface area contributed by atoms with Crippen molar-refractivity contribution in [3.8, 4) is 17.0 Å². The van der Waals surface area contributed by atoms with E-state index < -0.39 is 18.1 Å². The highest BCUT2D eigenvalue weighted by Crippen LogP contribution is 2.35. The number of nitrogens with zero attached hydrogens (tertiary/aromatic N) is 3. The van der Waals surface area contributed by atoms with E-state index in [9.17, 15) is 14.4 Å². The summed E-state index contributed by atoms with van der Waals surface area (Å²) in [5.74, 6) is 0.300. The van der Waals surface area contributed by atoms with Crippen LogP contribution in [-0.4, -0.2) is 70.5 Å². The van der Waals surface area contributed by atoms with Gasteiger partial charge >= 0.3 is 0 Å². The Kier molecular flexibility index (Phi) is 8.23. The van der Waals surface area contributed by atoms with Gasteiger partial charge in [-0.15, -0.1) is 5.10 Å². The van der Waals surface area contributed by atoms with Crippen molar-refractivity contribution in [2.24, 2.45) is 5.92 Å². The van der Waals surface area contributed by atoms with Crippen LogP contribution in [0.1, 0.15) is 57.4 Å². The van der Waals surface area contributed by atoms with Crippen molar-refractivity contribution in [2.75, 3.05) is 25.5 Å². The highest BCUT2D eigenvalue weighted by Gasteiger charge is 2.41. The molecule has 1 aromatic carbocycles. The van der Waals surface area contributed by atoms with Gasteiger partial charge in [-0.1, -0.05) is 35.9 Å². The van der Waals surface area contributed by atoms with Gasteiger partial charge in [-0.25, -0.2) is 0 Å². The van der Waals surface area contributed by atoms with Crippen molar-refractivity contribution in [3.63, 3.8) is 0 Å². The molecule has 2 fully saturated rings. The fourth-order valence-electron chi connectivity index (χ4n) is 5.71. The fourth-order valence-corrected chi connectivity index (χ4v) is 6.31. The molecule has 5 rings (SSSR count). The van der Waals surface area contributed by atoms with Gasteiger partial charge in [-0.3, -0.25) is 14.4 Å². The minimum atomic E-state index is -0.626. The number of carbonyl (C=O) groups excluding carboxylic acids is 3. The lowest BCUT2D eigenvalue weighted by atomic mass is 9.83. The van der Waals surface area contributed by atoms with E-state index in [4.69, 9.17) is 4.74 Å². The summed E-state index contributed by atoms with van der Waals surface area (Å²) in [6.07, 6.45) is 7.23. The number of aromatic nitrogens is 2. The molecular formula is C27H36N6O4S. The Labute approximate surface area is 227 Å². The minimum Gasteiger partial charge on any atom is -0.493 e. The van der Waals surface area contributed by atoms with E-state index in [-0.39, 0.29) is 23.6 Å². The second kappa shape index (κ2) is 11.8. The number of fused-ring (bicyclic) bond motifs is 1. The molecule has 0 radical (unpaired) electrons. The Morgan fingerprint density at radius 3 is 2.74 bits per heavy atom. The fraction of sp³-hybridized carbons (Fsp3) is 0.593. The number of carbonyl (C=O) groups is 3. The lowest BCUT2D eigenvalue weighted by Crippen LogP contribution is -2.57. The van der Waals surface area contributed by atoms with Gasteiger partial charge in [-0.2, -0.15) is 0 Å². The van der Waals surface area contributed by atoms with Crippen LogP contribution in [0.2, 0.25) is 0 Å². The van der Waals surface area contributed by atoms with E-state index in [1.165, 1.54) is 0 Å². The van der Waals surface area contributed by atoms with Gasteiger partial charge in [0.15, 0.2) is 0 Å². The van der Waals surface area contributed by atoms with Crippen molar-refractivity contribution < 1.29 is 19.1 Å². The van der Waals surface area contributed by atoms with Gasteiger partial charge in [0.25, 0.3) is 0 Å². The molecule has 3 aliphatic rings. The molecule has 11 heteroatoms. The van der Waals surface area contributed by atoms with E-state index in [0.717, 1.165) is 73.4 Å². The number of likely N-dealkylation sites (tertiary alicyclic amines) is 1. The van der Waals surface area contributed by atoms with Gasteiger partial charge in [0, 0.05) is 30.1 Å². The lowest BCUT2D eigenvalue weighted by molar-refractivity contribution is -0.142. The SMILES string of the molecule is CN[C@@H](C)C(=O)N[C@H](C(=O)N1CCC[C@H]1C(=O)Nc1snnc1-c1ccc2c(c1)OCC2)C1CCCCC1. The van der Waals surface area contributed by atoms with E-state index in [1.807, 2.05) is 18.2 Å². The minimum absolute atomic E-state index is 0.0768. The monoisotopic (exact) mass is 540 g/mol. The number of benzene rings is 1. The topological polar surface area (TPSA) is 126 Å². The summed E-state index contributed by atoms with van der Waals surface area (Å²) in [6.45, 7) is 2.94. The summed E-state index contributed by atoms with van der Waals surface area (Å²) in [5, 5.41) is 13.8. The Hall–Kier alpha value is -3.05. The van der Waals surface area contributed by atoms with Gasteiger partial charge < -0.3 is 25.6 Å². The van der Waals surface area contributed by atoms with Gasteiger partial charge in [-0.05, 0) is 57.2 Å². The predicted octanol–water partition coefficient (Wildman–Crippen LogP) is 2.74. The van der Waals surface area contributed by atoms with Crippen molar-refractivity contribution >= 4 is 34.3 Å². The van der Waals surface area contributed by atoms with Crippen LogP contribution in [0.5, 0.6) is 5.75 Å². The Morgan fingerprint density at radius 2 is 1.95 bits per heavy atom. The lowest BCUT2D eigenvalue weighted by Gasteiger charge is -2.35. The summed E-state index contributed by atoms with van der Waals surface area (Å²) in [4.78, 5) is 41.8. The van der Waals surface area contributed by atoms with Crippen LogP contribution < -0.4 is 20.7 Å². The van der Waals surface area contributed by atoms with E-state index in [0.29, 0.717) is 30.3 Å². The highest BCUT2D eigenvalue weighted by molar-refractivity contribution is 7.10. The Bertz CT molecular complexity index is 1180. The van der Waals surface area contributed by atoms with E-state index in [1.54, 1.807) is 18.9 Å². The number of anilines is 1. The number of ether oxygens (including phenoxy) is 1. The molecule has 3 N–H and O–H groups in total. The first-order chi connectivity index (χ1) is 18.5. The molecule has 3 atom stereocenters. The third-order valence-electron chi connectivity index (χ3n) is 8.04. The molecule has 1 aromatic heterocycles. The van der Waals surface area contributed by atoms with Gasteiger partial charge in [0.2, 0.25) is 17.7 Å². The smallest absolute Gasteiger partial charge is 0.247 e. The maximum atomic E-state index is 13.9. The van der Waals surface area contributed by atoms with Crippen molar-refractivity contribution in [2.45, 2.75) is 76.4 Å². The third kappa shape index (κ3) is 5.54. The quantitative estimate of drug-likeness (QED) is 0.470. The molecule has 10 nitrogen and oxygen atoms in total. The van der Waals surface area contributed by atoms with Gasteiger partial charge in [0.05, 0.1) is 12.6 Å². The van der Waals surface area contributed by atoms with Crippen LogP contribution >= 0.6 is 11.5 Å². The molecule has 0 unspecified atom stereocenters. The maximum absolute atomic E-state index is 13.9. The molecule has 1 saturated heterocycles. The van der Waals surface area contributed by atoms with Crippen LogP contribution in [0, 0.1) is 5.92 Å². The molecule has 0 bridgehead atoms. The maximum Gasteiger partial charge on any atom is 0.247 e. The Balaban J connectivity index is 1.31.